The van der Waals surface area contributed by atoms with Crippen molar-refractivity contribution < 1.29 is 18.0 Å². The summed E-state index contributed by atoms with van der Waals surface area (Å²) in [5.41, 5.74) is 0. The largest absolute Gasteiger partial charge is 0.339 e. The highest BCUT2D eigenvalue weighted by atomic mass is 32.2. The van der Waals surface area contributed by atoms with Crippen LogP contribution < -0.4 is 0 Å². The molecule has 2 amide bonds. The van der Waals surface area contributed by atoms with Crippen LogP contribution in [-0.4, -0.2) is 73.1 Å². The Morgan fingerprint density at radius 1 is 0.893 bits per heavy atom. The molecule has 4 rings (SSSR count). The van der Waals surface area contributed by atoms with Gasteiger partial charge in [-0.15, -0.1) is 11.3 Å². The molecule has 28 heavy (non-hydrogen) atoms. The molecule has 1 aliphatic carbocycles. The SMILES string of the molecule is O=C(C1CCCC1)N1CCN(C(=O)C2CCCN2S(=O)(=O)c2cccs2)CC1. The number of carbonyl (C=O) groups excluding carboxylic acids is 2. The number of piperazine rings is 1. The van der Waals surface area contributed by atoms with Crippen LogP contribution in [0, 0.1) is 5.92 Å². The molecule has 0 radical (unpaired) electrons. The molecule has 7 nitrogen and oxygen atoms in total. The van der Waals surface area contributed by atoms with Gasteiger partial charge in [0.1, 0.15) is 10.3 Å². The maximum Gasteiger partial charge on any atom is 0.253 e. The molecule has 0 spiro atoms. The molecule has 154 valence electrons. The van der Waals surface area contributed by atoms with E-state index in [1.807, 2.05) is 4.90 Å². The maximum absolute atomic E-state index is 13.1. The van der Waals surface area contributed by atoms with Gasteiger partial charge in [0.25, 0.3) is 10.0 Å². The summed E-state index contributed by atoms with van der Waals surface area (Å²) >= 11 is 1.18. The molecular weight excluding hydrogens is 398 g/mol. The number of thiophene rings is 1. The molecule has 3 heterocycles. The minimum absolute atomic E-state index is 0.120. The molecule has 3 fully saturated rings. The van der Waals surface area contributed by atoms with Crippen LogP contribution in [0.1, 0.15) is 38.5 Å². The van der Waals surface area contributed by atoms with Crippen molar-refractivity contribution in [3.8, 4) is 0 Å². The van der Waals surface area contributed by atoms with Crippen LogP contribution in [-0.2, 0) is 19.6 Å². The molecule has 0 bridgehead atoms. The number of rotatable bonds is 4. The van der Waals surface area contributed by atoms with Crippen molar-refractivity contribution in [3.05, 3.63) is 17.5 Å². The molecular formula is C19H27N3O4S2. The Bertz CT molecular complexity index is 810. The van der Waals surface area contributed by atoms with Crippen molar-refractivity contribution in [2.45, 2.75) is 48.8 Å². The van der Waals surface area contributed by atoms with Crippen LogP contribution in [0.2, 0.25) is 0 Å². The lowest BCUT2D eigenvalue weighted by Gasteiger charge is -2.38. The van der Waals surface area contributed by atoms with Crippen molar-refractivity contribution >= 4 is 33.2 Å². The number of sulfonamides is 1. The molecule has 1 aromatic rings. The molecule has 1 unspecified atom stereocenters. The minimum atomic E-state index is -3.62. The summed E-state index contributed by atoms with van der Waals surface area (Å²) in [6.45, 7) is 2.45. The third-order valence-corrected chi connectivity index (χ3v) is 9.44. The first-order valence-corrected chi connectivity index (χ1v) is 12.4. The second-order valence-electron chi connectivity index (χ2n) is 7.84. The molecule has 0 N–H and O–H groups in total. The molecule has 1 aromatic heterocycles. The van der Waals surface area contributed by atoms with Gasteiger partial charge in [-0.2, -0.15) is 4.31 Å². The molecule has 0 aromatic carbocycles. The highest BCUT2D eigenvalue weighted by Crippen LogP contribution is 2.30. The van der Waals surface area contributed by atoms with E-state index in [2.05, 4.69) is 0 Å². The Labute approximate surface area is 170 Å². The summed E-state index contributed by atoms with van der Waals surface area (Å²) in [5.74, 6) is 0.265. The Kier molecular flexibility index (Phi) is 5.76. The van der Waals surface area contributed by atoms with Gasteiger partial charge in [0.15, 0.2) is 0 Å². The molecule has 1 atom stereocenters. The van der Waals surface area contributed by atoms with Crippen molar-refractivity contribution in [2.24, 2.45) is 5.92 Å². The second kappa shape index (κ2) is 8.12. The van der Waals surface area contributed by atoms with Crippen LogP contribution in [0.25, 0.3) is 0 Å². The Hall–Kier alpha value is -1.45. The summed E-state index contributed by atoms with van der Waals surface area (Å²) in [6, 6.07) is 2.68. The van der Waals surface area contributed by atoms with Crippen LogP contribution in [0.3, 0.4) is 0 Å². The Balaban J connectivity index is 1.39. The van der Waals surface area contributed by atoms with Gasteiger partial charge >= 0.3 is 0 Å². The summed E-state index contributed by atoms with van der Waals surface area (Å²) < 4.78 is 27.5. The number of amides is 2. The summed E-state index contributed by atoms with van der Waals surface area (Å²) in [6.07, 6.45) is 5.48. The van der Waals surface area contributed by atoms with E-state index in [0.717, 1.165) is 25.7 Å². The monoisotopic (exact) mass is 425 g/mol. The molecule has 3 aliphatic rings. The predicted octanol–water partition coefficient (Wildman–Crippen LogP) is 1.76. The third-order valence-electron chi connectivity index (χ3n) is 6.15. The standard InChI is InChI=1S/C19H27N3O4S2/c23-18(15-5-1-2-6-15)20-10-12-21(13-11-20)19(24)16-7-3-9-22(16)28(25,26)17-8-4-14-27-17/h4,8,14-16H,1-3,5-7,9-13H2. The zero-order valence-electron chi connectivity index (χ0n) is 16.0. The average molecular weight is 426 g/mol. The number of hydrogen-bond acceptors (Lipinski definition) is 5. The van der Waals surface area contributed by atoms with Gasteiger partial charge in [-0.3, -0.25) is 9.59 Å². The normalized spacial score (nSPS) is 24.8. The van der Waals surface area contributed by atoms with Crippen LogP contribution in [0.15, 0.2) is 21.7 Å². The quantitative estimate of drug-likeness (QED) is 0.737. The van der Waals surface area contributed by atoms with Crippen molar-refractivity contribution in [1.82, 2.24) is 14.1 Å². The maximum atomic E-state index is 13.1. The van der Waals surface area contributed by atoms with E-state index in [1.165, 1.54) is 15.6 Å². The van der Waals surface area contributed by atoms with Crippen molar-refractivity contribution in [3.63, 3.8) is 0 Å². The van der Waals surface area contributed by atoms with Crippen molar-refractivity contribution in [1.29, 1.82) is 0 Å². The van der Waals surface area contributed by atoms with Crippen LogP contribution in [0.5, 0.6) is 0 Å². The fraction of sp³-hybridized carbons (Fsp3) is 0.684. The smallest absolute Gasteiger partial charge is 0.253 e. The van der Waals surface area contributed by atoms with Gasteiger partial charge in [-0.25, -0.2) is 8.42 Å². The first-order valence-electron chi connectivity index (χ1n) is 10.1. The van der Waals surface area contributed by atoms with Crippen LogP contribution >= 0.6 is 11.3 Å². The van der Waals surface area contributed by atoms with E-state index < -0.39 is 16.1 Å². The van der Waals surface area contributed by atoms with Gasteiger partial charge < -0.3 is 9.80 Å². The average Bonchev–Trinajstić information content (AvgIpc) is 3.48. The van der Waals surface area contributed by atoms with E-state index in [9.17, 15) is 18.0 Å². The van der Waals surface area contributed by atoms with E-state index in [4.69, 9.17) is 0 Å². The lowest BCUT2D eigenvalue weighted by Crippen LogP contribution is -2.55. The first-order chi connectivity index (χ1) is 13.5. The number of carbonyl (C=O) groups is 2. The van der Waals surface area contributed by atoms with E-state index >= 15 is 0 Å². The van der Waals surface area contributed by atoms with E-state index in [-0.39, 0.29) is 17.7 Å². The highest BCUT2D eigenvalue weighted by molar-refractivity contribution is 7.91. The zero-order valence-corrected chi connectivity index (χ0v) is 17.6. The first kappa shape index (κ1) is 19.8. The van der Waals surface area contributed by atoms with Gasteiger partial charge in [0.2, 0.25) is 11.8 Å². The van der Waals surface area contributed by atoms with E-state index in [1.54, 1.807) is 22.4 Å². The molecule has 9 heteroatoms. The Morgan fingerprint density at radius 2 is 1.54 bits per heavy atom. The van der Waals surface area contributed by atoms with E-state index in [0.29, 0.717) is 49.8 Å². The summed E-state index contributed by atoms with van der Waals surface area (Å²) in [5, 5.41) is 1.74. The third kappa shape index (κ3) is 3.71. The highest BCUT2D eigenvalue weighted by Gasteiger charge is 2.42. The van der Waals surface area contributed by atoms with Gasteiger partial charge in [-0.05, 0) is 37.1 Å². The number of nitrogens with zero attached hydrogens (tertiary/aromatic N) is 3. The molecule has 1 saturated carbocycles. The molecule has 2 saturated heterocycles. The Morgan fingerprint density at radius 3 is 2.14 bits per heavy atom. The predicted molar refractivity (Wildman–Crippen MR) is 106 cm³/mol. The topological polar surface area (TPSA) is 78.0 Å². The summed E-state index contributed by atoms with van der Waals surface area (Å²) in [7, 11) is -3.62. The minimum Gasteiger partial charge on any atom is -0.339 e. The fourth-order valence-corrected chi connectivity index (χ4v) is 7.36. The van der Waals surface area contributed by atoms with Gasteiger partial charge in [0.05, 0.1) is 0 Å². The van der Waals surface area contributed by atoms with Crippen molar-refractivity contribution in [2.75, 3.05) is 32.7 Å². The molecule has 2 aliphatic heterocycles. The van der Waals surface area contributed by atoms with Gasteiger partial charge in [-0.1, -0.05) is 18.9 Å². The van der Waals surface area contributed by atoms with Crippen LogP contribution in [0.4, 0.5) is 0 Å². The number of hydrogen-bond donors (Lipinski definition) is 0. The fourth-order valence-electron chi connectivity index (χ4n) is 4.59. The van der Waals surface area contributed by atoms with Gasteiger partial charge in [0, 0.05) is 38.6 Å². The summed E-state index contributed by atoms with van der Waals surface area (Å²) in [4.78, 5) is 29.3. The lowest BCUT2D eigenvalue weighted by molar-refractivity contribution is -0.143. The lowest BCUT2D eigenvalue weighted by atomic mass is 10.1. The second-order valence-corrected chi connectivity index (χ2v) is 10.9. The zero-order chi connectivity index (χ0) is 19.7.